The van der Waals surface area contributed by atoms with Crippen molar-refractivity contribution in [2.24, 2.45) is 0 Å². The lowest BCUT2D eigenvalue weighted by atomic mass is 10.1. The number of nitrogens with one attached hydrogen (secondary N) is 1. The van der Waals surface area contributed by atoms with Gasteiger partial charge in [0.1, 0.15) is 0 Å². The van der Waals surface area contributed by atoms with Gasteiger partial charge in [-0.25, -0.2) is 0 Å². The van der Waals surface area contributed by atoms with Crippen molar-refractivity contribution in [2.45, 2.75) is 193 Å². The third-order valence-corrected chi connectivity index (χ3v) is 8.26. The van der Waals surface area contributed by atoms with Crippen LogP contribution in [0, 0.1) is 0 Å². The van der Waals surface area contributed by atoms with E-state index in [1.165, 1.54) is 109 Å². The van der Waals surface area contributed by atoms with Gasteiger partial charge in [-0.2, -0.15) is 0 Å². The van der Waals surface area contributed by atoms with Gasteiger partial charge in [-0.05, 0) is 64.2 Å². The molecule has 0 aliphatic rings. The maximum atomic E-state index is 12.3. The van der Waals surface area contributed by atoms with E-state index in [0.717, 1.165) is 51.4 Å². The zero-order valence-corrected chi connectivity index (χ0v) is 29.2. The number of aliphatic hydroxyl groups excluding tert-OH is 2. The second-order valence-corrected chi connectivity index (χ2v) is 12.6. The summed E-state index contributed by atoms with van der Waals surface area (Å²) in [6.07, 6.45) is 47.8. The molecule has 0 aliphatic heterocycles. The van der Waals surface area contributed by atoms with Crippen molar-refractivity contribution >= 4 is 5.91 Å². The van der Waals surface area contributed by atoms with Crippen LogP contribution in [-0.4, -0.2) is 34.9 Å². The van der Waals surface area contributed by atoms with E-state index in [4.69, 9.17) is 0 Å². The van der Waals surface area contributed by atoms with Crippen LogP contribution in [-0.2, 0) is 4.79 Å². The summed E-state index contributed by atoms with van der Waals surface area (Å²) < 4.78 is 0. The lowest BCUT2D eigenvalue weighted by molar-refractivity contribution is -0.123. The highest BCUT2D eigenvalue weighted by atomic mass is 16.3. The van der Waals surface area contributed by atoms with Crippen molar-refractivity contribution in [1.82, 2.24) is 5.32 Å². The van der Waals surface area contributed by atoms with Crippen LogP contribution in [0.5, 0.6) is 0 Å². The molecule has 0 fully saturated rings. The zero-order valence-electron chi connectivity index (χ0n) is 29.2. The summed E-state index contributed by atoms with van der Waals surface area (Å²) >= 11 is 0. The van der Waals surface area contributed by atoms with Gasteiger partial charge in [0.05, 0.1) is 18.8 Å². The van der Waals surface area contributed by atoms with Gasteiger partial charge in [-0.3, -0.25) is 4.79 Å². The highest BCUT2D eigenvalue weighted by Crippen LogP contribution is 2.12. The Morgan fingerprint density at radius 1 is 0.523 bits per heavy atom. The molecule has 0 aromatic heterocycles. The quantitative estimate of drug-likeness (QED) is 0.0508. The largest absolute Gasteiger partial charge is 0.394 e. The van der Waals surface area contributed by atoms with E-state index in [9.17, 15) is 15.0 Å². The third kappa shape index (κ3) is 31.8. The minimum atomic E-state index is -0.872. The summed E-state index contributed by atoms with van der Waals surface area (Å²) in [6.45, 7) is 4.23. The molecule has 0 rings (SSSR count). The molecule has 1 amide bonds. The number of carbonyl (C=O) groups is 1. The molecule has 0 bridgehead atoms. The molecule has 0 spiro atoms. The van der Waals surface area contributed by atoms with Crippen molar-refractivity contribution in [3.05, 3.63) is 48.6 Å². The average molecular weight is 616 g/mol. The molecular formula is C40H73NO3. The van der Waals surface area contributed by atoms with Crippen LogP contribution in [0.2, 0.25) is 0 Å². The van der Waals surface area contributed by atoms with Crippen LogP contribution in [0.4, 0.5) is 0 Å². The minimum absolute atomic E-state index is 0.0915. The SMILES string of the molecule is CCCC/C=C\CCCCCCCC(=O)NC(CO)C(O)/C=C/CC/C=C/CC/C=C/CCCCCCCCCCCCC. The van der Waals surface area contributed by atoms with E-state index in [0.29, 0.717) is 6.42 Å². The van der Waals surface area contributed by atoms with Gasteiger partial charge in [0.15, 0.2) is 0 Å². The molecule has 256 valence electrons. The lowest BCUT2D eigenvalue weighted by Crippen LogP contribution is -2.45. The fourth-order valence-electron chi connectivity index (χ4n) is 5.31. The number of unbranched alkanes of at least 4 members (excludes halogenated alkanes) is 20. The fraction of sp³-hybridized carbons (Fsp3) is 0.775. The number of hydrogen-bond donors (Lipinski definition) is 3. The molecule has 0 aromatic rings. The molecule has 0 saturated carbocycles. The summed E-state index contributed by atoms with van der Waals surface area (Å²) in [6, 6.07) is -0.648. The summed E-state index contributed by atoms with van der Waals surface area (Å²) in [5, 5.41) is 22.8. The van der Waals surface area contributed by atoms with Crippen molar-refractivity contribution in [3.8, 4) is 0 Å². The standard InChI is InChI=1S/C40H73NO3/c1-3-5-7-9-11-13-15-16-17-18-19-20-21-22-23-24-26-27-29-31-33-35-39(43)38(37-42)41-40(44)36-34-32-30-28-25-14-12-10-8-6-4-2/h10,12,21-22,26-27,33,35,38-39,42-43H,3-9,11,13-20,23-25,28-32,34,36-37H2,1-2H3,(H,41,44)/b12-10-,22-21+,27-26+,35-33+. The van der Waals surface area contributed by atoms with E-state index < -0.39 is 12.1 Å². The number of allylic oxidation sites excluding steroid dienone is 7. The number of hydrogen-bond acceptors (Lipinski definition) is 3. The molecule has 3 N–H and O–H groups in total. The van der Waals surface area contributed by atoms with E-state index in [1.54, 1.807) is 6.08 Å². The first-order valence-electron chi connectivity index (χ1n) is 18.9. The van der Waals surface area contributed by atoms with Gasteiger partial charge in [-0.1, -0.05) is 159 Å². The molecule has 2 atom stereocenters. The van der Waals surface area contributed by atoms with Gasteiger partial charge in [0, 0.05) is 6.42 Å². The molecule has 0 heterocycles. The van der Waals surface area contributed by atoms with Crippen molar-refractivity contribution in [2.75, 3.05) is 6.61 Å². The predicted molar refractivity (Wildman–Crippen MR) is 193 cm³/mol. The summed E-state index contributed by atoms with van der Waals surface area (Å²) in [5.41, 5.74) is 0. The Morgan fingerprint density at radius 3 is 1.39 bits per heavy atom. The number of amides is 1. The normalized spacial score (nSPS) is 13.6. The molecule has 4 nitrogen and oxygen atoms in total. The van der Waals surface area contributed by atoms with Crippen molar-refractivity contribution in [3.63, 3.8) is 0 Å². The van der Waals surface area contributed by atoms with Gasteiger partial charge in [0.25, 0.3) is 0 Å². The van der Waals surface area contributed by atoms with E-state index in [1.807, 2.05) is 6.08 Å². The highest BCUT2D eigenvalue weighted by Gasteiger charge is 2.17. The topological polar surface area (TPSA) is 69.6 Å². The van der Waals surface area contributed by atoms with Gasteiger partial charge in [-0.15, -0.1) is 0 Å². The second-order valence-electron chi connectivity index (χ2n) is 12.6. The number of aliphatic hydroxyl groups is 2. The molecule has 0 saturated heterocycles. The van der Waals surface area contributed by atoms with Gasteiger partial charge >= 0.3 is 0 Å². The summed E-state index contributed by atoms with van der Waals surface area (Å²) in [5.74, 6) is -0.0915. The van der Waals surface area contributed by atoms with Crippen LogP contribution in [0.3, 0.4) is 0 Å². The molecule has 0 aromatic carbocycles. The van der Waals surface area contributed by atoms with Crippen LogP contribution < -0.4 is 5.32 Å². The van der Waals surface area contributed by atoms with Crippen molar-refractivity contribution in [1.29, 1.82) is 0 Å². The minimum Gasteiger partial charge on any atom is -0.394 e. The number of rotatable bonds is 33. The smallest absolute Gasteiger partial charge is 0.220 e. The summed E-state index contributed by atoms with van der Waals surface area (Å²) in [4.78, 5) is 12.3. The Kier molecular flexibility index (Phi) is 34.5. The van der Waals surface area contributed by atoms with E-state index >= 15 is 0 Å². The Balaban J connectivity index is 3.70. The van der Waals surface area contributed by atoms with Crippen LogP contribution in [0.15, 0.2) is 48.6 Å². The van der Waals surface area contributed by atoms with Gasteiger partial charge < -0.3 is 15.5 Å². The Morgan fingerprint density at radius 2 is 0.909 bits per heavy atom. The predicted octanol–water partition coefficient (Wildman–Crippen LogP) is 11.2. The van der Waals surface area contributed by atoms with E-state index in [-0.39, 0.29) is 12.5 Å². The lowest BCUT2D eigenvalue weighted by Gasteiger charge is -2.19. The fourth-order valence-corrected chi connectivity index (χ4v) is 5.31. The Hall–Kier alpha value is -1.65. The molecule has 0 aliphatic carbocycles. The molecule has 2 unspecified atom stereocenters. The molecule has 0 radical (unpaired) electrons. The maximum absolute atomic E-state index is 12.3. The van der Waals surface area contributed by atoms with E-state index in [2.05, 4.69) is 55.6 Å². The summed E-state index contributed by atoms with van der Waals surface area (Å²) in [7, 11) is 0. The number of carbonyl (C=O) groups excluding carboxylic acids is 1. The van der Waals surface area contributed by atoms with Gasteiger partial charge in [0.2, 0.25) is 5.91 Å². The van der Waals surface area contributed by atoms with Crippen LogP contribution >= 0.6 is 0 Å². The first kappa shape index (κ1) is 42.3. The zero-order chi connectivity index (χ0) is 32.2. The van der Waals surface area contributed by atoms with Crippen LogP contribution in [0.1, 0.15) is 181 Å². The molecule has 44 heavy (non-hydrogen) atoms. The second kappa shape index (κ2) is 35.8. The first-order valence-corrected chi connectivity index (χ1v) is 18.9. The third-order valence-electron chi connectivity index (χ3n) is 8.26. The monoisotopic (exact) mass is 616 g/mol. The molecule has 4 heteroatoms. The van der Waals surface area contributed by atoms with Crippen LogP contribution in [0.25, 0.3) is 0 Å². The Bertz CT molecular complexity index is 711. The molecular weight excluding hydrogens is 542 g/mol. The van der Waals surface area contributed by atoms with Crippen molar-refractivity contribution < 1.29 is 15.0 Å². The maximum Gasteiger partial charge on any atom is 0.220 e. The Labute approximate surface area is 274 Å². The average Bonchev–Trinajstić information content (AvgIpc) is 3.03. The highest BCUT2D eigenvalue weighted by molar-refractivity contribution is 5.76. The first-order chi connectivity index (χ1) is 21.7.